The summed E-state index contributed by atoms with van der Waals surface area (Å²) in [5.74, 6) is -3.94. The second kappa shape index (κ2) is 15.9. The number of nitrogens with zero attached hydrogens (tertiary/aromatic N) is 1. The molecule has 0 radical (unpaired) electrons. The van der Waals surface area contributed by atoms with Gasteiger partial charge in [-0.3, -0.25) is 29.8 Å². The SMILES string of the molecule is C=CCNC(=O)C(=O)C(CCCC)NC(=O)[C@@H]1C2C(CN1C(=O)[C@@H](NC(O)NC1(CS(=O)(=O)C(C)(C)C)CCCCC1)C(C)(C)C)C2(Cl)Cl. The van der Waals surface area contributed by atoms with Crippen molar-refractivity contribution < 1.29 is 32.7 Å². The van der Waals surface area contributed by atoms with Crippen molar-refractivity contribution in [2.75, 3.05) is 18.8 Å². The summed E-state index contributed by atoms with van der Waals surface area (Å²) in [6.45, 7) is 16.0. The molecule has 5 N–H and O–H groups in total. The average molecular weight is 751 g/mol. The fourth-order valence-electron chi connectivity index (χ4n) is 6.96. The first-order valence-electron chi connectivity index (χ1n) is 17.4. The standard InChI is InChI=1S/C34H57Cl2N5O7S/c1-9-11-15-22(25(42)28(44)37-18-10-2)38-27(43)24-23-21(34(23,35)36)19-41(24)29(45)26(31(3,4)5)39-30(46)40-33(16-13-12-14-17-33)20-49(47,48)32(6,7)8/h10,21-24,26,30,39-40,46H,2,9,11-20H2,1,3-8H3,(H,37,44)(H,38,43)/t21?,22?,23?,24-,26+,30?/m0/s1. The largest absolute Gasteiger partial charge is 0.365 e. The first kappa shape index (κ1) is 41.6. The van der Waals surface area contributed by atoms with Gasteiger partial charge in [-0.1, -0.05) is 65.9 Å². The first-order valence-corrected chi connectivity index (χ1v) is 19.8. The van der Waals surface area contributed by atoms with Crippen molar-refractivity contribution in [3.05, 3.63) is 12.7 Å². The molecule has 3 rings (SSSR count). The number of rotatable bonds is 16. The highest BCUT2D eigenvalue weighted by atomic mass is 35.5. The van der Waals surface area contributed by atoms with Gasteiger partial charge in [0.05, 0.1) is 22.6 Å². The minimum absolute atomic E-state index is 0.0769. The van der Waals surface area contributed by atoms with Crippen molar-refractivity contribution in [3.63, 3.8) is 0 Å². The third-order valence-electron chi connectivity index (χ3n) is 10.1. The monoisotopic (exact) mass is 749 g/mol. The molecule has 0 aromatic carbocycles. The number of alkyl halides is 2. The number of carbonyl (C=O) groups excluding carboxylic acids is 4. The number of ketones is 1. The van der Waals surface area contributed by atoms with Gasteiger partial charge in [-0.2, -0.15) is 0 Å². The number of aliphatic hydroxyl groups excluding tert-OH is 1. The molecule has 2 aliphatic carbocycles. The van der Waals surface area contributed by atoms with Gasteiger partial charge in [0, 0.05) is 30.5 Å². The van der Waals surface area contributed by atoms with Crippen LogP contribution in [0.15, 0.2) is 12.7 Å². The average Bonchev–Trinajstić information content (AvgIpc) is 3.30. The molecule has 1 aliphatic heterocycles. The lowest BCUT2D eigenvalue weighted by atomic mass is 9.83. The van der Waals surface area contributed by atoms with Crippen LogP contribution >= 0.6 is 23.2 Å². The van der Waals surface area contributed by atoms with Crippen molar-refractivity contribution in [2.24, 2.45) is 17.3 Å². The molecule has 0 aromatic rings. The number of carbonyl (C=O) groups is 4. The van der Waals surface area contributed by atoms with E-state index in [-0.39, 0.29) is 25.3 Å². The van der Waals surface area contributed by atoms with Crippen molar-refractivity contribution in [3.8, 4) is 0 Å². The Labute approximate surface area is 302 Å². The van der Waals surface area contributed by atoms with Crippen LogP contribution in [0, 0.1) is 17.3 Å². The zero-order valence-corrected chi connectivity index (χ0v) is 32.4. The van der Waals surface area contributed by atoms with Crippen LogP contribution in [-0.2, 0) is 29.0 Å². The molecule has 49 heavy (non-hydrogen) atoms. The Hall–Kier alpha value is -1.77. The Morgan fingerprint density at radius 1 is 1.06 bits per heavy atom. The number of Topliss-reactive ketones (excluding diaryl/α,β-unsaturated/α-hetero) is 1. The molecule has 15 heteroatoms. The molecule has 12 nitrogen and oxygen atoms in total. The zero-order valence-electron chi connectivity index (χ0n) is 30.0. The maximum atomic E-state index is 14.4. The lowest BCUT2D eigenvalue weighted by molar-refractivity contribution is -0.146. The van der Waals surface area contributed by atoms with E-state index in [2.05, 4.69) is 27.8 Å². The predicted octanol–water partition coefficient (Wildman–Crippen LogP) is 2.95. The molecule has 1 saturated heterocycles. The fourth-order valence-corrected chi connectivity index (χ4v) is 9.32. The van der Waals surface area contributed by atoms with E-state index < -0.39 is 89.7 Å². The van der Waals surface area contributed by atoms with Crippen LogP contribution in [0.5, 0.6) is 0 Å². The van der Waals surface area contributed by atoms with Gasteiger partial charge in [-0.15, -0.1) is 29.8 Å². The third kappa shape index (κ3) is 9.77. The quantitative estimate of drug-likeness (QED) is 0.0688. The van der Waals surface area contributed by atoms with Crippen LogP contribution in [0.4, 0.5) is 0 Å². The summed E-state index contributed by atoms with van der Waals surface area (Å²) in [6.07, 6.45) is 5.15. The molecule has 4 unspecified atom stereocenters. The molecule has 2 saturated carbocycles. The highest BCUT2D eigenvalue weighted by Gasteiger charge is 2.74. The van der Waals surface area contributed by atoms with Crippen molar-refractivity contribution in [2.45, 2.75) is 139 Å². The molecule has 6 atom stereocenters. The van der Waals surface area contributed by atoms with Gasteiger partial charge in [0.25, 0.3) is 5.91 Å². The number of fused-ring (bicyclic) bond motifs is 1. The number of hydrogen-bond donors (Lipinski definition) is 5. The number of unbranched alkanes of at least 4 members (excludes halogenated alkanes) is 1. The van der Waals surface area contributed by atoms with Crippen LogP contribution in [0.1, 0.15) is 99.8 Å². The molecule has 3 aliphatic rings. The predicted molar refractivity (Wildman–Crippen MR) is 191 cm³/mol. The van der Waals surface area contributed by atoms with Gasteiger partial charge in [0.15, 0.2) is 16.2 Å². The van der Waals surface area contributed by atoms with Crippen molar-refractivity contribution in [1.82, 2.24) is 26.2 Å². The molecule has 0 aromatic heterocycles. The van der Waals surface area contributed by atoms with Gasteiger partial charge in [-0.05, 0) is 45.4 Å². The zero-order chi connectivity index (χ0) is 37.2. The Balaban J connectivity index is 1.86. The Morgan fingerprint density at radius 3 is 2.20 bits per heavy atom. The second-order valence-electron chi connectivity index (χ2n) is 16.0. The van der Waals surface area contributed by atoms with Crippen LogP contribution in [-0.4, -0.2) is 99.9 Å². The normalized spacial score (nSPS) is 25.0. The van der Waals surface area contributed by atoms with E-state index >= 15 is 0 Å². The van der Waals surface area contributed by atoms with Crippen LogP contribution in [0.3, 0.4) is 0 Å². The highest BCUT2D eigenvalue weighted by molar-refractivity contribution is 7.92. The van der Waals surface area contributed by atoms with E-state index in [1.54, 1.807) is 20.8 Å². The minimum Gasteiger partial charge on any atom is -0.365 e. The number of piperidine rings is 1. The summed E-state index contributed by atoms with van der Waals surface area (Å²) in [4.78, 5) is 55.3. The first-order chi connectivity index (χ1) is 22.5. The van der Waals surface area contributed by atoms with Gasteiger partial charge >= 0.3 is 0 Å². The maximum Gasteiger partial charge on any atom is 0.289 e. The van der Waals surface area contributed by atoms with E-state index in [1.807, 2.05) is 27.7 Å². The molecular formula is C34H57Cl2N5O7S. The van der Waals surface area contributed by atoms with Crippen molar-refractivity contribution in [1.29, 1.82) is 0 Å². The Morgan fingerprint density at radius 2 is 1.67 bits per heavy atom. The highest BCUT2D eigenvalue weighted by Crippen LogP contribution is 2.65. The lowest BCUT2D eigenvalue weighted by Gasteiger charge is -2.43. The van der Waals surface area contributed by atoms with Gasteiger partial charge < -0.3 is 20.6 Å². The van der Waals surface area contributed by atoms with Crippen LogP contribution in [0.25, 0.3) is 0 Å². The van der Waals surface area contributed by atoms with Crippen LogP contribution < -0.4 is 21.3 Å². The van der Waals surface area contributed by atoms with Gasteiger partial charge in [-0.25, -0.2) is 8.42 Å². The molecule has 1 heterocycles. The van der Waals surface area contributed by atoms with E-state index in [9.17, 15) is 32.7 Å². The number of nitrogens with one attached hydrogen (secondary N) is 4. The van der Waals surface area contributed by atoms with Gasteiger partial charge in [0.1, 0.15) is 10.4 Å². The summed E-state index contributed by atoms with van der Waals surface area (Å²) >= 11 is 13.1. The fraction of sp³-hybridized carbons (Fsp3) is 0.824. The summed E-state index contributed by atoms with van der Waals surface area (Å²) < 4.78 is 24.4. The summed E-state index contributed by atoms with van der Waals surface area (Å²) in [6, 6.07) is -3.27. The number of hydrogen-bond acceptors (Lipinski definition) is 9. The van der Waals surface area contributed by atoms with Crippen molar-refractivity contribution >= 4 is 56.5 Å². The second-order valence-corrected chi connectivity index (χ2v) is 20.2. The van der Waals surface area contributed by atoms with E-state index in [4.69, 9.17) is 23.2 Å². The van der Waals surface area contributed by atoms with E-state index in [0.717, 1.165) is 25.7 Å². The number of sulfone groups is 1. The third-order valence-corrected chi connectivity index (χ3v) is 13.9. The minimum atomic E-state index is -3.55. The number of likely N-dealkylation sites (tertiary alicyclic amines) is 1. The molecule has 3 amide bonds. The maximum absolute atomic E-state index is 14.4. The summed E-state index contributed by atoms with van der Waals surface area (Å²) in [5, 5.41) is 22.7. The number of amides is 3. The van der Waals surface area contributed by atoms with E-state index in [1.165, 1.54) is 11.0 Å². The number of aliphatic hydroxyl groups is 1. The molecular weight excluding hydrogens is 693 g/mol. The molecule has 0 bridgehead atoms. The smallest absolute Gasteiger partial charge is 0.289 e. The topological polar surface area (TPSA) is 174 Å². The van der Waals surface area contributed by atoms with Gasteiger partial charge in [0.2, 0.25) is 17.6 Å². The summed E-state index contributed by atoms with van der Waals surface area (Å²) in [5.41, 5.74) is -1.67. The summed E-state index contributed by atoms with van der Waals surface area (Å²) in [7, 11) is -3.55. The van der Waals surface area contributed by atoms with E-state index in [0.29, 0.717) is 19.3 Å². The molecule has 280 valence electrons. The Kier molecular flexibility index (Phi) is 13.5. The lowest BCUT2D eigenvalue weighted by Crippen LogP contribution is -2.66. The number of halogens is 2. The molecule has 3 fully saturated rings. The van der Waals surface area contributed by atoms with Crippen LogP contribution in [0.2, 0.25) is 0 Å². The molecule has 0 spiro atoms. The Bertz CT molecular complexity index is 1360.